The Morgan fingerprint density at radius 2 is 2.00 bits per heavy atom. The number of nitrogens with zero attached hydrogens (tertiary/aromatic N) is 2. The summed E-state index contributed by atoms with van der Waals surface area (Å²) in [6.45, 7) is 0.128. The molecular formula is C20H29N3O5. The van der Waals surface area contributed by atoms with E-state index in [0.29, 0.717) is 18.7 Å². The molecule has 0 bridgehead atoms. The minimum absolute atomic E-state index is 0.00608. The number of ether oxygens (including phenoxy) is 2. The van der Waals surface area contributed by atoms with Crippen molar-refractivity contribution in [1.29, 1.82) is 0 Å². The molecule has 0 spiro atoms. The lowest BCUT2D eigenvalue weighted by Crippen LogP contribution is -2.47. The van der Waals surface area contributed by atoms with Gasteiger partial charge in [0.25, 0.3) is 0 Å². The van der Waals surface area contributed by atoms with Gasteiger partial charge in [-0.2, -0.15) is 0 Å². The van der Waals surface area contributed by atoms with Gasteiger partial charge in [-0.1, -0.05) is 0 Å². The lowest BCUT2D eigenvalue weighted by atomic mass is 9.84. The molecule has 0 saturated carbocycles. The first-order chi connectivity index (χ1) is 13.3. The standard InChI is InChI=1S/C20H29N3O5/c1-22(2)10-18(25)21-12-5-6-16-14(7-12)15-8-13(9-19(26)23(3)4)27-17(11-24)20(15)28-16/h5-7,13,15,17,20,24H,8-11H2,1-4H3,(H,21,25)/t13-,15-,17-,20+/m1/s1. The Hall–Kier alpha value is -2.16. The number of aliphatic hydroxyl groups is 1. The molecule has 0 radical (unpaired) electrons. The molecule has 2 aliphatic rings. The number of benzene rings is 1. The largest absolute Gasteiger partial charge is 0.487 e. The van der Waals surface area contributed by atoms with Crippen molar-refractivity contribution >= 4 is 17.5 Å². The molecule has 3 rings (SSSR count). The van der Waals surface area contributed by atoms with Crippen LogP contribution in [0.1, 0.15) is 24.3 Å². The predicted molar refractivity (Wildman–Crippen MR) is 104 cm³/mol. The molecule has 1 saturated heterocycles. The van der Waals surface area contributed by atoms with E-state index in [4.69, 9.17) is 9.47 Å². The fourth-order valence-electron chi connectivity index (χ4n) is 3.83. The highest BCUT2D eigenvalue weighted by Crippen LogP contribution is 2.47. The highest BCUT2D eigenvalue weighted by Gasteiger charge is 2.46. The second-order valence-electron chi connectivity index (χ2n) is 7.93. The van der Waals surface area contributed by atoms with E-state index < -0.39 is 6.10 Å². The highest BCUT2D eigenvalue weighted by molar-refractivity contribution is 5.92. The fraction of sp³-hybridized carbons (Fsp3) is 0.600. The number of aliphatic hydroxyl groups excluding tert-OH is 1. The van der Waals surface area contributed by atoms with Gasteiger partial charge in [0, 0.05) is 31.3 Å². The van der Waals surface area contributed by atoms with Crippen LogP contribution in [0, 0.1) is 0 Å². The number of carbonyl (C=O) groups is 2. The smallest absolute Gasteiger partial charge is 0.238 e. The zero-order valence-corrected chi connectivity index (χ0v) is 16.8. The summed E-state index contributed by atoms with van der Waals surface area (Å²) in [7, 11) is 7.11. The Kier molecular flexibility index (Phi) is 6.22. The van der Waals surface area contributed by atoms with E-state index in [-0.39, 0.29) is 43.0 Å². The molecule has 1 aromatic rings. The summed E-state index contributed by atoms with van der Waals surface area (Å²) < 4.78 is 12.0. The molecule has 154 valence electrons. The van der Waals surface area contributed by atoms with Crippen LogP contribution in [-0.4, -0.2) is 86.4 Å². The van der Waals surface area contributed by atoms with Crippen molar-refractivity contribution in [3.8, 4) is 5.75 Å². The topological polar surface area (TPSA) is 91.3 Å². The van der Waals surface area contributed by atoms with Crippen LogP contribution in [0.3, 0.4) is 0 Å². The van der Waals surface area contributed by atoms with Crippen LogP contribution in [0.25, 0.3) is 0 Å². The lowest BCUT2D eigenvalue weighted by molar-refractivity contribution is -0.147. The number of nitrogens with one attached hydrogen (secondary N) is 1. The molecule has 2 amide bonds. The van der Waals surface area contributed by atoms with Gasteiger partial charge >= 0.3 is 0 Å². The number of hydrogen-bond acceptors (Lipinski definition) is 6. The second kappa shape index (κ2) is 8.46. The Balaban J connectivity index is 1.78. The summed E-state index contributed by atoms with van der Waals surface area (Å²) in [4.78, 5) is 27.5. The first-order valence-corrected chi connectivity index (χ1v) is 9.50. The van der Waals surface area contributed by atoms with Crippen molar-refractivity contribution in [3.05, 3.63) is 23.8 Å². The summed E-state index contributed by atoms with van der Waals surface area (Å²) in [6.07, 6.45) is -0.171. The van der Waals surface area contributed by atoms with E-state index in [1.165, 1.54) is 0 Å². The number of anilines is 1. The van der Waals surface area contributed by atoms with Crippen LogP contribution in [0.4, 0.5) is 5.69 Å². The average Bonchev–Trinajstić information content (AvgIpc) is 2.98. The third-order valence-electron chi connectivity index (χ3n) is 5.14. The SMILES string of the molecule is CN(C)CC(=O)Nc1ccc2c(c1)[C@H]1C[C@H](CC(=O)N(C)C)O[C@H](CO)[C@H]1O2. The number of amides is 2. The highest BCUT2D eigenvalue weighted by atomic mass is 16.6. The molecule has 1 aromatic carbocycles. The van der Waals surface area contributed by atoms with Crippen molar-refractivity contribution in [2.45, 2.75) is 37.1 Å². The Morgan fingerprint density at radius 1 is 1.25 bits per heavy atom. The van der Waals surface area contributed by atoms with Crippen molar-refractivity contribution in [2.24, 2.45) is 0 Å². The van der Waals surface area contributed by atoms with Crippen LogP contribution in [0.15, 0.2) is 18.2 Å². The summed E-state index contributed by atoms with van der Waals surface area (Å²) in [5.41, 5.74) is 1.69. The average molecular weight is 391 g/mol. The van der Waals surface area contributed by atoms with Crippen LogP contribution < -0.4 is 10.1 Å². The first kappa shape index (κ1) is 20.6. The maximum Gasteiger partial charge on any atom is 0.238 e. The van der Waals surface area contributed by atoms with Crippen LogP contribution in [0.2, 0.25) is 0 Å². The molecule has 1 fully saturated rings. The van der Waals surface area contributed by atoms with Crippen molar-refractivity contribution in [1.82, 2.24) is 9.80 Å². The van der Waals surface area contributed by atoms with E-state index in [0.717, 1.165) is 11.3 Å². The van der Waals surface area contributed by atoms with Gasteiger partial charge in [-0.15, -0.1) is 0 Å². The summed E-state index contributed by atoms with van der Waals surface area (Å²) >= 11 is 0. The number of carbonyl (C=O) groups excluding carboxylic acids is 2. The zero-order valence-electron chi connectivity index (χ0n) is 16.8. The minimum Gasteiger partial charge on any atom is -0.487 e. The van der Waals surface area contributed by atoms with Gasteiger partial charge in [-0.3, -0.25) is 9.59 Å². The molecule has 28 heavy (non-hydrogen) atoms. The van der Waals surface area contributed by atoms with Gasteiger partial charge in [0.1, 0.15) is 18.0 Å². The molecule has 0 aromatic heterocycles. The fourth-order valence-corrected chi connectivity index (χ4v) is 3.83. The number of likely N-dealkylation sites (N-methyl/N-ethyl adjacent to an activating group) is 1. The van der Waals surface area contributed by atoms with Gasteiger partial charge in [-0.05, 0) is 38.7 Å². The third kappa shape index (κ3) is 4.45. The summed E-state index contributed by atoms with van der Waals surface area (Å²) in [5.74, 6) is 0.646. The molecule has 2 N–H and O–H groups in total. The molecule has 0 unspecified atom stereocenters. The molecule has 4 atom stereocenters. The van der Waals surface area contributed by atoms with Crippen molar-refractivity contribution < 1.29 is 24.2 Å². The quantitative estimate of drug-likeness (QED) is 0.740. The predicted octanol–water partition coefficient (Wildman–Crippen LogP) is 0.659. The van der Waals surface area contributed by atoms with Crippen LogP contribution in [0.5, 0.6) is 5.75 Å². The Bertz CT molecular complexity index is 737. The van der Waals surface area contributed by atoms with Gasteiger partial charge < -0.3 is 29.7 Å². The summed E-state index contributed by atoms with van der Waals surface area (Å²) in [5, 5.41) is 12.7. The number of fused-ring (bicyclic) bond motifs is 3. The normalized spacial score (nSPS) is 25.6. The molecule has 0 aliphatic carbocycles. The molecular weight excluding hydrogens is 362 g/mol. The van der Waals surface area contributed by atoms with Gasteiger partial charge in [0.2, 0.25) is 11.8 Å². The number of hydrogen-bond donors (Lipinski definition) is 2. The minimum atomic E-state index is -0.488. The van der Waals surface area contributed by atoms with E-state index in [1.807, 2.05) is 32.3 Å². The van der Waals surface area contributed by atoms with Crippen molar-refractivity contribution in [2.75, 3.05) is 46.7 Å². The monoisotopic (exact) mass is 391 g/mol. The Labute approximate surface area is 165 Å². The maximum atomic E-state index is 12.1. The molecule has 2 aliphatic heterocycles. The molecule has 8 nitrogen and oxygen atoms in total. The van der Waals surface area contributed by atoms with Crippen molar-refractivity contribution in [3.63, 3.8) is 0 Å². The Morgan fingerprint density at radius 3 is 2.64 bits per heavy atom. The van der Waals surface area contributed by atoms with Crippen LogP contribution >= 0.6 is 0 Å². The van der Waals surface area contributed by atoms with E-state index >= 15 is 0 Å². The maximum absolute atomic E-state index is 12.1. The van der Waals surface area contributed by atoms with E-state index in [9.17, 15) is 14.7 Å². The van der Waals surface area contributed by atoms with Gasteiger partial charge in [0.05, 0.1) is 25.7 Å². The molecule has 2 heterocycles. The van der Waals surface area contributed by atoms with Gasteiger partial charge in [-0.25, -0.2) is 0 Å². The van der Waals surface area contributed by atoms with Crippen LogP contribution in [-0.2, 0) is 14.3 Å². The van der Waals surface area contributed by atoms with E-state index in [1.54, 1.807) is 23.9 Å². The molecule has 8 heteroatoms. The third-order valence-corrected chi connectivity index (χ3v) is 5.14. The first-order valence-electron chi connectivity index (χ1n) is 9.50. The zero-order chi connectivity index (χ0) is 20.4. The number of rotatable bonds is 6. The van der Waals surface area contributed by atoms with E-state index in [2.05, 4.69) is 5.32 Å². The van der Waals surface area contributed by atoms with Gasteiger partial charge in [0.15, 0.2) is 0 Å². The second-order valence-corrected chi connectivity index (χ2v) is 7.93. The lowest BCUT2D eigenvalue weighted by Gasteiger charge is -2.37. The summed E-state index contributed by atoms with van der Waals surface area (Å²) in [6, 6.07) is 5.58.